The Labute approximate surface area is 165 Å². The van der Waals surface area contributed by atoms with Crippen LogP contribution < -0.4 is 14.8 Å². The van der Waals surface area contributed by atoms with Crippen LogP contribution in [0.2, 0.25) is 0 Å². The quantitative estimate of drug-likeness (QED) is 0.483. The number of hydrogen-bond donors (Lipinski definition) is 1. The predicted molar refractivity (Wildman–Crippen MR) is 108 cm³/mol. The first-order valence-corrected chi connectivity index (χ1v) is 9.51. The van der Waals surface area contributed by atoms with E-state index in [9.17, 15) is 9.59 Å². The van der Waals surface area contributed by atoms with E-state index in [0.717, 1.165) is 12.8 Å². The van der Waals surface area contributed by atoms with Crippen molar-refractivity contribution in [2.24, 2.45) is 0 Å². The van der Waals surface area contributed by atoms with Crippen LogP contribution in [0.4, 0.5) is 5.69 Å². The molecule has 0 heterocycles. The molecule has 0 spiro atoms. The summed E-state index contributed by atoms with van der Waals surface area (Å²) in [6.45, 7) is 6.46. The van der Waals surface area contributed by atoms with E-state index >= 15 is 0 Å². The van der Waals surface area contributed by atoms with Gasteiger partial charge in [0, 0.05) is 5.56 Å². The van der Waals surface area contributed by atoms with Crippen molar-refractivity contribution in [3.63, 3.8) is 0 Å². The number of para-hydroxylation sites is 2. The molecule has 2 rings (SSSR count). The van der Waals surface area contributed by atoms with Crippen LogP contribution in [0, 0.1) is 0 Å². The number of anilines is 1. The van der Waals surface area contributed by atoms with E-state index in [0.29, 0.717) is 36.0 Å². The minimum absolute atomic E-state index is 0.259. The predicted octanol–water partition coefficient (Wildman–Crippen LogP) is 4.45. The molecule has 2 aromatic rings. The van der Waals surface area contributed by atoms with Crippen molar-refractivity contribution in [1.82, 2.24) is 0 Å². The minimum atomic E-state index is -0.713. The summed E-state index contributed by atoms with van der Waals surface area (Å²) in [5.41, 5.74) is 1.08. The lowest BCUT2D eigenvalue weighted by Gasteiger charge is -2.14. The maximum absolute atomic E-state index is 12.5. The number of amides is 1. The maximum atomic E-state index is 12.5. The molecule has 0 radical (unpaired) electrons. The van der Waals surface area contributed by atoms with E-state index in [1.54, 1.807) is 43.3 Å². The molecule has 1 atom stereocenters. The van der Waals surface area contributed by atoms with Gasteiger partial charge in [-0.3, -0.25) is 4.79 Å². The lowest BCUT2D eigenvalue weighted by Crippen LogP contribution is -2.26. The first kappa shape index (κ1) is 21.3. The van der Waals surface area contributed by atoms with E-state index in [1.165, 1.54) is 0 Å². The Bertz CT molecular complexity index is 773. The van der Waals surface area contributed by atoms with E-state index in [4.69, 9.17) is 14.2 Å². The fourth-order valence-corrected chi connectivity index (χ4v) is 2.42. The van der Waals surface area contributed by atoms with Gasteiger partial charge in [-0.05, 0) is 56.7 Å². The first-order valence-electron chi connectivity index (χ1n) is 9.51. The SMILES string of the molecule is CCCCOC(=O)[C@@H](C)Oc1ccc(C(=O)Nc2ccccc2OCC)cc1. The molecule has 1 N–H and O–H groups in total. The van der Waals surface area contributed by atoms with Crippen LogP contribution >= 0.6 is 0 Å². The Balaban J connectivity index is 1.95. The summed E-state index contributed by atoms with van der Waals surface area (Å²) < 4.78 is 16.2. The van der Waals surface area contributed by atoms with Gasteiger partial charge < -0.3 is 19.5 Å². The average Bonchev–Trinajstić information content (AvgIpc) is 2.70. The standard InChI is InChI=1S/C22H27NO5/c1-4-6-15-27-22(25)16(3)28-18-13-11-17(12-14-18)21(24)23-19-9-7-8-10-20(19)26-5-2/h7-14,16H,4-6,15H2,1-3H3,(H,23,24)/t16-/m1/s1. The zero-order chi connectivity index (χ0) is 20.4. The van der Waals surface area contributed by atoms with Gasteiger partial charge in [-0.2, -0.15) is 0 Å². The zero-order valence-corrected chi connectivity index (χ0v) is 16.6. The fourth-order valence-electron chi connectivity index (χ4n) is 2.42. The normalized spacial score (nSPS) is 11.4. The third-order valence-electron chi connectivity index (χ3n) is 3.94. The highest BCUT2D eigenvalue weighted by atomic mass is 16.6. The molecule has 150 valence electrons. The van der Waals surface area contributed by atoms with Crippen molar-refractivity contribution >= 4 is 17.6 Å². The molecule has 0 fully saturated rings. The highest BCUT2D eigenvalue weighted by Crippen LogP contribution is 2.24. The number of esters is 1. The fraction of sp³-hybridized carbons (Fsp3) is 0.364. The van der Waals surface area contributed by atoms with Crippen molar-refractivity contribution in [2.75, 3.05) is 18.5 Å². The van der Waals surface area contributed by atoms with Crippen molar-refractivity contribution in [1.29, 1.82) is 0 Å². The van der Waals surface area contributed by atoms with Crippen molar-refractivity contribution in [2.45, 2.75) is 39.7 Å². The largest absolute Gasteiger partial charge is 0.492 e. The summed E-state index contributed by atoms with van der Waals surface area (Å²) in [4.78, 5) is 24.3. The van der Waals surface area contributed by atoms with E-state index in [1.807, 2.05) is 26.0 Å². The number of benzene rings is 2. The topological polar surface area (TPSA) is 73.9 Å². The van der Waals surface area contributed by atoms with Crippen molar-refractivity contribution in [3.8, 4) is 11.5 Å². The zero-order valence-electron chi connectivity index (χ0n) is 16.6. The molecule has 0 aromatic heterocycles. The van der Waals surface area contributed by atoms with Crippen LogP contribution in [0.3, 0.4) is 0 Å². The number of hydrogen-bond acceptors (Lipinski definition) is 5. The molecule has 0 bridgehead atoms. The summed E-state index contributed by atoms with van der Waals surface area (Å²) in [5, 5.41) is 2.84. The van der Waals surface area contributed by atoms with Gasteiger partial charge >= 0.3 is 5.97 Å². The lowest BCUT2D eigenvalue weighted by molar-refractivity contribution is -0.151. The second-order valence-electron chi connectivity index (χ2n) is 6.19. The van der Waals surface area contributed by atoms with Crippen LogP contribution in [-0.2, 0) is 9.53 Å². The summed E-state index contributed by atoms with van der Waals surface area (Å²) >= 11 is 0. The average molecular weight is 385 g/mol. The Morgan fingerprint density at radius 3 is 2.43 bits per heavy atom. The molecule has 0 aliphatic rings. The molecule has 0 aliphatic heterocycles. The summed E-state index contributed by atoms with van der Waals surface area (Å²) in [5.74, 6) is 0.452. The van der Waals surface area contributed by atoms with Crippen LogP contribution in [0.15, 0.2) is 48.5 Å². The van der Waals surface area contributed by atoms with Gasteiger partial charge in [0.1, 0.15) is 11.5 Å². The molecule has 0 saturated carbocycles. The van der Waals surface area contributed by atoms with Crippen molar-refractivity contribution in [3.05, 3.63) is 54.1 Å². The van der Waals surface area contributed by atoms with Crippen LogP contribution in [0.1, 0.15) is 44.0 Å². The number of nitrogens with one attached hydrogen (secondary N) is 1. The monoisotopic (exact) mass is 385 g/mol. The van der Waals surface area contributed by atoms with Crippen LogP contribution in [0.25, 0.3) is 0 Å². The Hall–Kier alpha value is -3.02. The third-order valence-corrected chi connectivity index (χ3v) is 3.94. The van der Waals surface area contributed by atoms with Gasteiger partial charge in [0.15, 0.2) is 6.10 Å². The van der Waals surface area contributed by atoms with E-state index in [2.05, 4.69) is 5.32 Å². The summed E-state index contributed by atoms with van der Waals surface area (Å²) in [6.07, 6.45) is 1.07. The molecule has 0 aliphatic carbocycles. The van der Waals surface area contributed by atoms with Gasteiger partial charge in [-0.15, -0.1) is 0 Å². The van der Waals surface area contributed by atoms with Gasteiger partial charge in [0.25, 0.3) is 5.91 Å². The highest BCUT2D eigenvalue weighted by molar-refractivity contribution is 6.05. The lowest BCUT2D eigenvalue weighted by atomic mass is 10.2. The highest BCUT2D eigenvalue weighted by Gasteiger charge is 2.16. The molecule has 6 heteroatoms. The van der Waals surface area contributed by atoms with Crippen LogP contribution in [-0.4, -0.2) is 31.2 Å². The smallest absolute Gasteiger partial charge is 0.347 e. The number of unbranched alkanes of at least 4 members (excludes halogenated alkanes) is 1. The van der Waals surface area contributed by atoms with E-state index in [-0.39, 0.29) is 5.91 Å². The number of carbonyl (C=O) groups is 2. The number of carbonyl (C=O) groups excluding carboxylic acids is 2. The van der Waals surface area contributed by atoms with Gasteiger partial charge in [-0.1, -0.05) is 25.5 Å². The Morgan fingerprint density at radius 1 is 1.04 bits per heavy atom. The van der Waals surface area contributed by atoms with Gasteiger partial charge in [0.05, 0.1) is 18.9 Å². The molecule has 1 amide bonds. The number of ether oxygens (including phenoxy) is 3. The van der Waals surface area contributed by atoms with E-state index < -0.39 is 12.1 Å². The second-order valence-corrected chi connectivity index (χ2v) is 6.19. The first-order chi connectivity index (χ1) is 13.5. The Morgan fingerprint density at radius 2 is 1.75 bits per heavy atom. The molecular weight excluding hydrogens is 358 g/mol. The molecular formula is C22H27NO5. The number of rotatable bonds is 10. The molecule has 6 nitrogen and oxygen atoms in total. The maximum Gasteiger partial charge on any atom is 0.347 e. The Kier molecular flexibility index (Phi) is 8.34. The molecule has 28 heavy (non-hydrogen) atoms. The van der Waals surface area contributed by atoms with Crippen molar-refractivity contribution < 1.29 is 23.8 Å². The third kappa shape index (κ3) is 6.30. The van der Waals surface area contributed by atoms with Crippen LogP contribution in [0.5, 0.6) is 11.5 Å². The van der Waals surface area contributed by atoms with Gasteiger partial charge in [0.2, 0.25) is 0 Å². The summed E-state index contributed by atoms with van der Waals surface area (Å²) in [6, 6.07) is 13.9. The molecule has 2 aromatic carbocycles. The van der Waals surface area contributed by atoms with Gasteiger partial charge in [-0.25, -0.2) is 4.79 Å². The minimum Gasteiger partial charge on any atom is -0.492 e. The molecule has 0 saturated heterocycles. The summed E-state index contributed by atoms with van der Waals surface area (Å²) in [7, 11) is 0. The molecule has 0 unspecified atom stereocenters. The second kappa shape index (κ2) is 11.0.